The summed E-state index contributed by atoms with van der Waals surface area (Å²) in [5.74, 6) is 0. The summed E-state index contributed by atoms with van der Waals surface area (Å²) in [5.41, 5.74) is 1.13. The predicted molar refractivity (Wildman–Crippen MR) is 68.3 cm³/mol. The molecule has 0 saturated heterocycles. The molecule has 2 atom stereocenters. The highest BCUT2D eigenvalue weighted by Crippen LogP contribution is 2.08. The van der Waals surface area contributed by atoms with Crippen LogP contribution in [0.4, 0.5) is 0 Å². The zero-order valence-corrected chi connectivity index (χ0v) is 10.8. The number of hydrogen-bond donors (Lipinski definition) is 1. The van der Waals surface area contributed by atoms with E-state index >= 15 is 0 Å². The average molecular weight is 221 g/mol. The van der Waals surface area contributed by atoms with Crippen LogP contribution in [0.3, 0.4) is 0 Å². The van der Waals surface area contributed by atoms with E-state index in [1.807, 2.05) is 25.4 Å². The standard InChI is InChI=1S/C13H23N3/c1-11(14-3)9-12(2)16(4)10-13-7-5-6-8-15-13/h5-8,11-12,14H,9-10H2,1-4H3. The Morgan fingerprint density at radius 3 is 2.69 bits per heavy atom. The van der Waals surface area contributed by atoms with Gasteiger partial charge in [0.25, 0.3) is 0 Å². The van der Waals surface area contributed by atoms with Crippen LogP contribution in [0.5, 0.6) is 0 Å². The van der Waals surface area contributed by atoms with Gasteiger partial charge in [0.1, 0.15) is 0 Å². The summed E-state index contributed by atoms with van der Waals surface area (Å²) in [6.07, 6.45) is 3.00. The molecule has 3 heteroatoms. The molecule has 90 valence electrons. The lowest BCUT2D eigenvalue weighted by atomic mass is 10.1. The highest BCUT2D eigenvalue weighted by molar-refractivity contribution is 5.03. The van der Waals surface area contributed by atoms with Gasteiger partial charge in [-0.15, -0.1) is 0 Å². The SMILES string of the molecule is CNC(C)CC(C)N(C)Cc1ccccn1. The first kappa shape index (κ1) is 13.1. The Labute approximate surface area is 98.9 Å². The number of rotatable bonds is 6. The molecule has 3 nitrogen and oxygen atoms in total. The molecule has 2 unspecified atom stereocenters. The fraction of sp³-hybridized carbons (Fsp3) is 0.615. The number of nitrogens with one attached hydrogen (secondary N) is 1. The third kappa shape index (κ3) is 4.29. The lowest BCUT2D eigenvalue weighted by molar-refractivity contribution is 0.222. The van der Waals surface area contributed by atoms with Gasteiger partial charge in [-0.05, 0) is 46.5 Å². The zero-order chi connectivity index (χ0) is 12.0. The molecule has 0 bridgehead atoms. The first-order chi connectivity index (χ1) is 7.63. The zero-order valence-electron chi connectivity index (χ0n) is 10.8. The van der Waals surface area contributed by atoms with Crippen molar-refractivity contribution in [1.29, 1.82) is 0 Å². The lowest BCUT2D eigenvalue weighted by Crippen LogP contribution is -2.35. The van der Waals surface area contributed by atoms with Crippen LogP contribution in [0, 0.1) is 0 Å². The van der Waals surface area contributed by atoms with Gasteiger partial charge in [-0.2, -0.15) is 0 Å². The Bertz CT molecular complexity index is 286. The Morgan fingerprint density at radius 2 is 2.12 bits per heavy atom. The van der Waals surface area contributed by atoms with E-state index < -0.39 is 0 Å². The van der Waals surface area contributed by atoms with Crippen LogP contribution in [0.1, 0.15) is 26.0 Å². The van der Waals surface area contributed by atoms with Crippen molar-refractivity contribution < 1.29 is 0 Å². The molecule has 1 aromatic rings. The van der Waals surface area contributed by atoms with Gasteiger partial charge in [-0.1, -0.05) is 6.07 Å². The second-order valence-electron chi connectivity index (χ2n) is 4.51. The number of aromatic nitrogens is 1. The normalized spacial score (nSPS) is 15.1. The highest BCUT2D eigenvalue weighted by Gasteiger charge is 2.12. The van der Waals surface area contributed by atoms with Crippen LogP contribution in [0.2, 0.25) is 0 Å². The first-order valence-corrected chi connectivity index (χ1v) is 5.91. The van der Waals surface area contributed by atoms with E-state index in [1.54, 1.807) is 0 Å². The van der Waals surface area contributed by atoms with Crippen LogP contribution in [0.15, 0.2) is 24.4 Å². The van der Waals surface area contributed by atoms with E-state index in [1.165, 1.54) is 0 Å². The minimum Gasteiger partial charge on any atom is -0.317 e. The molecule has 0 spiro atoms. The number of nitrogens with zero attached hydrogens (tertiary/aromatic N) is 2. The summed E-state index contributed by atoms with van der Waals surface area (Å²) < 4.78 is 0. The lowest BCUT2D eigenvalue weighted by Gasteiger charge is -2.26. The van der Waals surface area contributed by atoms with E-state index in [9.17, 15) is 0 Å². The van der Waals surface area contributed by atoms with E-state index in [-0.39, 0.29) is 0 Å². The van der Waals surface area contributed by atoms with Crippen molar-refractivity contribution in [2.75, 3.05) is 14.1 Å². The van der Waals surface area contributed by atoms with Gasteiger partial charge in [0, 0.05) is 24.8 Å². The van der Waals surface area contributed by atoms with Gasteiger partial charge in [-0.25, -0.2) is 0 Å². The molecule has 16 heavy (non-hydrogen) atoms. The minimum absolute atomic E-state index is 0.557. The fourth-order valence-electron chi connectivity index (χ4n) is 1.71. The van der Waals surface area contributed by atoms with Gasteiger partial charge < -0.3 is 5.32 Å². The van der Waals surface area contributed by atoms with Crippen LogP contribution in [-0.4, -0.2) is 36.1 Å². The summed E-state index contributed by atoms with van der Waals surface area (Å²) in [4.78, 5) is 6.69. The Morgan fingerprint density at radius 1 is 1.38 bits per heavy atom. The predicted octanol–water partition coefficient (Wildman–Crippen LogP) is 1.90. The van der Waals surface area contributed by atoms with E-state index in [0.717, 1.165) is 18.7 Å². The van der Waals surface area contributed by atoms with Crippen molar-refractivity contribution in [3.63, 3.8) is 0 Å². The van der Waals surface area contributed by atoms with Crippen molar-refractivity contribution in [1.82, 2.24) is 15.2 Å². The van der Waals surface area contributed by atoms with Crippen molar-refractivity contribution in [2.45, 2.75) is 38.9 Å². The van der Waals surface area contributed by atoms with Gasteiger partial charge in [0.15, 0.2) is 0 Å². The summed E-state index contributed by atoms with van der Waals surface area (Å²) in [6.45, 7) is 5.39. The maximum atomic E-state index is 4.34. The smallest absolute Gasteiger partial charge is 0.0543 e. The number of hydrogen-bond acceptors (Lipinski definition) is 3. The van der Waals surface area contributed by atoms with E-state index in [2.05, 4.69) is 42.2 Å². The molecule has 1 N–H and O–H groups in total. The Kier molecular flexibility index (Phi) is 5.43. The molecule has 0 fully saturated rings. The maximum absolute atomic E-state index is 4.34. The largest absolute Gasteiger partial charge is 0.317 e. The van der Waals surface area contributed by atoms with Crippen molar-refractivity contribution in [3.05, 3.63) is 30.1 Å². The Balaban J connectivity index is 2.43. The van der Waals surface area contributed by atoms with Crippen molar-refractivity contribution in [2.24, 2.45) is 0 Å². The average Bonchev–Trinajstić information content (AvgIpc) is 2.30. The second kappa shape index (κ2) is 6.61. The molecular weight excluding hydrogens is 198 g/mol. The molecule has 0 amide bonds. The van der Waals surface area contributed by atoms with Gasteiger partial charge in [0.05, 0.1) is 5.69 Å². The topological polar surface area (TPSA) is 28.2 Å². The monoisotopic (exact) mass is 221 g/mol. The Hall–Kier alpha value is -0.930. The van der Waals surface area contributed by atoms with Crippen LogP contribution < -0.4 is 5.32 Å². The molecule has 0 aliphatic heterocycles. The van der Waals surface area contributed by atoms with Gasteiger partial charge in [0.2, 0.25) is 0 Å². The maximum Gasteiger partial charge on any atom is 0.0543 e. The quantitative estimate of drug-likeness (QED) is 0.795. The molecule has 1 rings (SSSR count). The molecule has 0 aliphatic carbocycles. The summed E-state index contributed by atoms with van der Waals surface area (Å²) in [6, 6.07) is 7.18. The summed E-state index contributed by atoms with van der Waals surface area (Å²) in [7, 11) is 4.16. The second-order valence-corrected chi connectivity index (χ2v) is 4.51. The van der Waals surface area contributed by atoms with Gasteiger partial charge in [-0.3, -0.25) is 9.88 Å². The molecule has 0 saturated carbocycles. The van der Waals surface area contributed by atoms with Crippen LogP contribution in [0.25, 0.3) is 0 Å². The van der Waals surface area contributed by atoms with Gasteiger partial charge >= 0.3 is 0 Å². The van der Waals surface area contributed by atoms with Crippen LogP contribution >= 0.6 is 0 Å². The molecule has 0 aromatic carbocycles. The van der Waals surface area contributed by atoms with E-state index in [4.69, 9.17) is 0 Å². The third-order valence-electron chi connectivity index (χ3n) is 3.08. The fourth-order valence-corrected chi connectivity index (χ4v) is 1.71. The molecular formula is C13H23N3. The molecule has 1 aromatic heterocycles. The minimum atomic E-state index is 0.557. The summed E-state index contributed by atoms with van der Waals surface area (Å²) in [5, 5.41) is 3.27. The highest BCUT2D eigenvalue weighted by atomic mass is 15.1. The van der Waals surface area contributed by atoms with Crippen molar-refractivity contribution >= 4 is 0 Å². The van der Waals surface area contributed by atoms with Crippen molar-refractivity contribution in [3.8, 4) is 0 Å². The van der Waals surface area contributed by atoms with E-state index in [0.29, 0.717) is 12.1 Å². The number of pyridine rings is 1. The first-order valence-electron chi connectivity index (χ1n) is 5.91. The van der Waals surface area contributed by atoms with Crippen LogP contribution in [-0.2, 0) is 6.54 Å². The third-order valence-corrected chi connectivity index (χ3v) is 3.08. The molecule has 1 heterocycles. The summed E-state index contributed by atoms with van der Waals surface area (Å²) >= 11 is 0. The molecule has 0 radical (unpaired) electrons. The molecule has 0 aliphatic rings.